The van der Waals surface area contributed by atoms with Crippen LogP contribution in [-0.2, 0) is 14.3 Å². The normalized spacial score (nSPS) is 10.6. The largest absolute Gasteiger partial charge is 0.465 e. The maximum absolute atomic E-state index is 11.8. The number of nitrogens with zero attached hydrogens (tertiary/aromatic N) is 1. The van der Waals surface area contributed by atoms with Crippen molar-refractivity contribution in [3.05, 3.63) is 34.4 Å². The molecule has 0 N–H and O–H groups in total. The Morgan fingerprint density at radius 3 is 2.19 bits per heavy atom. The van der Waals surface area contributed by atoms with Crippen LogP contribution in [0.25, 0.3) is 0 Å². The quantitative estimate of drug-likeness (QED) is 0.160. The molecule has 150 valence electrons. The molecule has 1 aromatic rings. The minimum absolute atomic E-state index is 0.103. The van der Waals surface area contributed by atoms with E-state index in [1.54, 1.807) is 0 Å². The summed E-state index contributed by atoms with van der Waals surface area (Å²) in [6.07, 6.45) is 6.15. The topological polar surface area (TPSA) is 95.7 Å². The van der Waals surface area contributed by atoms with Crippen LogP contribution >= 0.6 is 0 Å². The van der Waals surface area contributed by atoms with Crippen LogP contribution in [0, 0.1) is 16.0 Å². The van der Waals surface area contributed by atoms with Crippen LogP contribution < -0.4 is 4.74 Å². The van der Waals surface area contributed by atoms with Crippen molar-refractivity contribution in [3.8, 4) is 5.75 Å². The second-order valence-electron chi connectivity index (χ2n) is 6.93. The van der Waals surface area contributed by atoms with Crippen LogP contribution in [0.5, 0.6) is 5.75 Å². The van der Waals surface area contributed by atoms with Crippen molar-refractivity contribution in [3.63, 3.8) is 0 Å². The summed E-state index contributed by atoms with van der Waals surface area (Å²) in [7, 11) is 0. The smallest absolute Gasteiger partial charge is 0.311 e. The van der Waals surface area contributed by atoms with Crippen molar-refractivity contribution in [2.24, 2.45) is 5.92 Å². The minimum atomic E-state index is -0.526. The van der Waals surface area contributed by atoms with Gasteiger partial charge in [-0.2, -0.15) is 0 Å². The van der Waals surface area contributed by atoms with Gasteiger partial charge in [-0.25, -0.2) is 0 Å². The second-order valence-corrected chi connectivity index (χ2v) is 6.93. The Morgan fingerprint density at radius 2 is 1.59 bits per heavy atom. The zero-order valence-corrected chi connectivity index (χ0v) is 16.1. The Labute approximate surface area is 160 Å². The summed E-state index contributed by atoms with van der Waals surface area (Å²) in [4.78, 5) is 33.4. The van der Waals surface area contributed by atoms with E-state index in [0.29, 0.717) is 25.4 Å². The van der Waals surface area contributed by atoms with Crippen molar-refractivity contribution >= 4 is 17.6 Å². The molecule has 27 heavy (non-hydrogen) atoms. The molecule has 0 aliphatic heterocycles. The van der Waals surface area contributed by atoms with E-state index in [0.717, 1.165) is 32.1 Å². The number of benzene rings is 1. The standard InChI is InChI=1S/C20H29NO6/c1-16(2)15-26-19(22)12-7-5-3-4-6-8-13-20(23)27-18-11-9-10-17(14-18)21(24)25/h9-11,14,16H,3-8,12-13,15H2,1-2H3. The van der Waals surface area contributed by atoms with Crippen molar-refractivity contribution in [1.29, 1.82) is 0 Å². The molecule has 0 amide bonds. The molecule has 0 aliphatic carbocycles. The van der Waals surface area contributed by atoms with Crippen LogP contribution in [-0.4, -0.2) is 23.5 Å². The summed E-state index contributed by atoms with van der Waals surface area (Å²) in [5, 5.41) is 10.7. The molecule has 0 spiro atoms. The van der Waals surface area contributed by atoms with E-state index in [2.05, 4.69) is 0 Å². The molecule has 0 fully saturated rings. The van der Waals surface area contributed by atoms with Gasteiger partial charge in [-0.1, -0.05) is 45.6 Å². The number of ether oxygens (including phenoxy) is 2. The lowest BCUT2D eigenvalue weighted by molar-refractivity contribution is -0.384. The number of carbonyl (C=O) groups is 2. The third-order valence-electron chi connectivity index (χ3n) is 3.85. The molecule has 0 radical (unpaired) electrons. The second kappa shape index (κ2) is 12.8. The lowest BCUT2D eigenvalue weighted by Crippen LogP contribution is -2.09. The van der Waals surface area contributed by atoms with Crippen LogP contribution in [0.1, 0.15) is 65.2 Å². The van der Waals surface area contributed by atoms with E-state index in [1.165, 1.54) is 24.3 Å². The van der Waals surface area contributed by atoms with Gasteiger partial charge in [-0.05, 0) is 24.8 Å². The maximum atomic E-state index is 11.8. The lowest BCUT2D eigenvalue weighted by atomic mass is 10.1. The minimum Gasteiger partial charge on any atom is -0.465 e. The van der Waals surface area contributed by atoms with Gasteiger partial charge in [0.15, 0.2) is 0 Å². The van der Waals surface area contributed by atoms with E-state index in [4.69, 9.17) is 9.47 Å². The predicted molar refractivity (Wildman–Crippen MR) is 101 cm³/mol. The predicted octanol–water partition coefficient (Wildman–Crippen LogP) is 4.82. The van der Waals surface area contributed by atoms with Gasteiger partial charge in [-0.3, -0.25) is 19.7 Å². The van der Waals surface area contributed by atoms with Gasteiger partial charge in [-0.15, -0.1) is 0 Å². The Kier molecular flexibility index (Phi) is 10.7. The average molecular weight is 379 g/mol. The molecular weight excluding hydrogens is 350 g/mol. The molecule has 0 saturated carbocycles. The number of hydrogen-bond donors (Lipinski definition) is 0. The lowest BCUT2D eigenvalue weighted by Gasteiger charge is -2.07. The van der Waals surface area contributed by atoms with Gasteiger partial charge in [0.1, 0.15) is 5.75 Å². The highest BCUT2D eigenvalue weighted by Gasteiger charge is 2.10. The molecule has 7 heteroatoms. The number of unbranched alkanes of at least 4 members (excludes halogenated alkanes) is 5. The number of non-ortho nitro benzene ring substituents is 1. The maximum Gasteiger partial charge on any atom is 0.311 e. The third-order valence-corrected chi connectivity index (χ3v) is 3.85. The Hall–Kier alpha value is -2.44. The number of carbonyl (C=O) groups excluding carboxylic acids is 2. The number of nitro benzene ring substituents is 1. The first-order chi connectivity index (χ1) is 12.9. The first kappa shape index (κ1) is 22.6. The third kappa shape index (κ3) is 11.0. The summed E-state index contributed by atoms with van der Waals surface area (Å²) < 4.78 is 10.2. The van der Waals surface area contributed by atoms with Gasteiger partial charge >= 0.3 is 11.9 Å². The van der Waals surface area contributed by atoms with E-state index in [1.807, 2.05) is 13.8 Å². The van der Waals surface area contributed by atoms with Gasteiger partial charge in [0.25, 0.3) is 5.69 Å². The van der Waals surface area contributed by atoms with E-state index in [9.17, 15) is 19.7 Å². The highest BCUT2D eigenvalue weighted by molar-refractivity contribution is 5.72. The van der Waals surface area contributed by atoms with Crippen LogP contribution in [0.4, 0.5) is 5.69 Å². The summed E-state index contributed by atoms with van der Waals surface area (Å²) in [6, 6.07) is 5.60. The Bertz CT molecular complexity index is 614. The molecule has 0 aliphatic rings. The molecule has 7 nitrogen and oxygen atoms in total. The fourth-order valence-corrected chi connectivity index (χ4v) is 2.42. The molecule has 0 aromatic heterocycles. The fraction of sp³-hybridized carbons (Fsp3) is 0.600. The highest BCUT2D eigenvalue weighted by Crippen LogP contribution is 2.20. The van der Waals surface area contributed by atoms with Gasteiger partial charge in [0.2, 0.25) is 0 Å². The molecular formula is C20H29NO6. The van der Waals surface area contributed by atoms with Gasteiger partial charge in [0, 0.05) is 18.9 Å². The zero-order chi connectivity index (χ0) is 20.1. The van der Waals surface area contributed by atoms with Crippen molar-refractivity contribution in [2.45, 2.75) is 65.2 Å². The monoisotopic (exact) mass is 379 g/mol. The molecule has 1 rings (SSSR count). The molecule has 0 atom stereocenters. The van der Waals surface area contributed by atoms with Crippen LogP contribution in [0.3, 0.4) is 0 Å². The van der Waals surface area contributed by atoms with Crippen molar-refractivity contribution < 1.29 is 24.0 Å². The van der Waals surface area contributed by atoms with E-state index < -0.39 is 4.92 Å². The van der Waals surface area contributed by atoms with Crippen LogP contribution in [0.2, 0.25) is 0 Å². The van der Waals surface area contributed by atoms with Crippen LogP contribution in [0.15, 0.2) is 24.3 Å². The first-order valence-corrected chi connectivity index (χ1v) is 9.49. The summed E-state index contributed by atoms with van der Waals surface area (Å²) in [5.41, 5.74) is -0.103. The molecule has 0 bridgehead atoms. The number of rotatable bonds is 13. The molecule has 1 aromatic carbocycles. The number of esters is 2. The summed E-state index contributed by atoms with van der Waals surface area (Å²) in [5.74, 6) is 0.0344. The van der Waals surface area contributed by atoms with Gasteiger partial charge < -0.3 is 9.47 Å². The Balaban J connectivity index is 2.05. The summed E-state index contributed by atoms with van der Waals surface area (Å²) in [6.45, 7) is 4.49. The van der Waals surface area contributed by atoms with Gasteiger partial charge in [0.05, 0.1) is 17.6 Å². The highest BCUT2D eigenvalue weighted by atomic mass is 16.6. The first-order valence-electron chi connectivity index (χ1n) is 9.49. The molecule has 0 heterocycles. The Morgan fingerprint density at radius 1 is 1.00 bits per heavy atom. The van der Waals surface area contributed by atoms with E-state index >= 15 is 0 Å². The number of nitro groups is 1. The van der Waals surface area contributed by atoms with Crippen molar-refractivity contribution in [2.75, 3.05) is 6.61 Å². The molecule has 0 saturated heterocycles. The van der Waals surface area contributed by atoms with Crippen molar-refractivity contribution in [1.82, 2.24) is 0 Å². The SMILES string of the molecule is CC(C)COC(=O)CCCCCCCCC(=O)Oc1cccc([N+](=O)[O-])c1. The zero-order valence-electron chi connectivity index (χ0n) is 16.1. The fourth-order valence-electron chi connectivity index (χ4n) is 2.42. The van der Waals surface area contributed by atoms with E-state index in [-0.39, 0.29) is 29.8 Å². The average Bonchev–Trinajstić information content (AvgIpc) is 2.62. The summed E-state index contributed by atoms with van der Waals surface area (Å²) >= 11 is 0. The molecule has 0 unspecified atom stereocenters. The number of hydrogen-bond acceptors (Lipinski definition) is 6.